The predicted molar refractivity (Wildman–Crippen MR) is 244 cm³/mol. The van der Waals surface area contributed by atoms with Gasteiger partial charge in [0.25, 0.3) is 0 Å². The molecular weight excluding hydrogens is 801 g/mol. The monoisotopic (exact) mass is 850 g/mol. The Hall–Kier alpha value is -7.08. The Morgan fingerprint density at radius 2 is 0.891 bits per heavy atom. The van der Waals surface area contributed by atoms with Crippen LogP contribution in [-0.4, -0.2) is 66.5 Å². The SMILES string of the molecule is O=C(N[C@@H](C(=O)N1CCC[C@H]1c1nc2ccc(-c3ccc(-c4ccc5nc([C@@H]6CCCN6C(=O)[C@H](NC(=O)C6CC6)c6ccccc6)[nH]c5c4)cc3)cc2[nH]1)c1ccccc1)C1CC1. The van der Waals surface area contributed by atoms with Gasteiger partial charge in [0.05, 0.1) is 34.2 Å². The molecule has 0 unspecified atom stereocenters. The van der Waals surface area contributed by atoms with Gasteiger partial charge in [0, 0.05) is 24.9 Å². The maximum Gasteiger partial charge on any atom is 0.250 e. The highest BCUT2D eigenvalue weighted by Gasteiger charge is 2.41. The van der Waals surface area contributed by atoms with Gasteiger partial charge in [-0.2, -0.15) is 0 Å². The number of rotatable bonds is 12. The van der Waals surface area contributed by atoms with Crippen LogP contribution >= 0.6 is 0 Å². The highest BCUT2D eigenvalue weighted by Crippen LogP contribution is 2.38. The van der Waals surface area contributed by atoms with E-state index >= 15 is 0 Å². The predicted octanol–water partition coefficient (Wildman–Crippen LogP) is 8.64. The Morgan fingerprint density at radius 1 is 0.500 bits per heavy atom. The molecule has 11 rings (SSSR count). The fourth-order valence-electron chi connectivity index (χ4n) is 9.63. The highest BCUT2D eigenvalue weighted by molar-refractivity contribution is 5.92. The van der Waals surface area contributed by atoms with Crippen LogP contribution in [0.25, 0.3) is 44.3 Å². The van der Waals surface area contributed by atoms with Gasteiger partial charge in [-0.05, 0) is 109 Å². The largest absolute Gasteiger partial charge is 0.340 e. The minimum atomic E-state index is -0.736. The highest BCUT2D eigenvalue weighted by atomic mass is 16.2. The molecule has 2 aliphatic carbocycles. The van der Waals surface area contributed by atoms with Crippen molar-refractivity contribution in [3.05, 3.63) is 144 Å². The summed E-state index contributed by atoms with van der Waals surface area (Å²) in [5.74, 6) is 1.19. The molecule has 0 radical (unpaired) electrons. The number of aromatic nitrogens is 4. The number of nitrogens with zero attached hydrogens (tertiary/aromatic N) is 4. The maximum atomic E-state index is 14.2. The number of likely N-dealkylation sites (tertiary alicyclic amines) is 2. The molecule has 2 saturated carbocycles. The number of fused-ring (bicyclic) bond motifs is 2. The number of carbonyl (C=O) groups is 4. The van der Waals surface area contributed by atoms with Crippen molar-refractivity contribution in [2.45, 2.75) is 75.5 Å². The third-order valence-electron chi connectivity index (χ3n) is 13.5. The van der Waals surface area contributed by atoms with E-state index in [1.165, 1.54) is 0 Å². The van der Waals surface area contributed by atoms with E-state index < -0.39 is 12.1 Å². The first-order valence-corrected chi connectivity index (χ1v) is 22.8. The van der Waals surface area contributed by atoms with Gasteiger partial charge in [-0.15, -0.1) is 0 Å². The first-order valence-electron chi connectivity index (χ1n) is 22.8. The number of carbonyl (C=O) groups excluding carboxylic acids is 4. The van der Waals surface area contributed by atoms with Gasteiger partial charge in [-0.25, -0.2) is 9.97 Å². The standard InChI is InChI=1S/C52H50N8O4/c61-49(35-19-20-35)57-45(33-9-3-1-4-10-33)51(63)59-27-7-13-43(59)47-53-39-25-23-37(29-41(39)55-47)31-15-17-32(18-16-31)38-24-26-40-42(30-38)56-48(54-40)44-14-8-28-60(44)52(64)46(34-11-5-2-6-12-34)58-50(62)36-21-22-36/h1-6,9-12,15-18,23-26,29-30,35-36,43-46H,7-8,13-14,19-22,27-28H2,(H,53,55)(H,54,56)(H,57,61)(H,58,62)/t43-,44-,45+,46+/m0/s1. The van der Waals surface area contributed by atoms with E-state index in [0.717, 1.165) is 118 Å². The van der Waals surface area contributed by atoms with E-state index in [2.05, 4.69) is 69.1 Å². The van der Waals surface area contributed by atoms with Gasteiger partial charge in [-0.1, -0.05) is 97.1 Å². The maximum absolute atomic E-state index is 14.2. The smallest absolute Gasteiger partial charge is 0.250 e. The normalized spacial score (nSPS) is 19.5. The van der Waals surface area contributed by atoms with Crippen LogP contribution in [0.1, 0.15) is 98.3 Å². The van der Waals surface area contributed by atoms with Gasteiger partial charge < -0.3 is 30.4 Å². The lowest BCUT2D eigenvalue weighted by Crippen LogP contribution is -2.43. The Bertz CT molecular complexity index is 2690. The molecule has 0 bridgehead atoms. The quantitative estimate of drug-likeness (QED) is 0.0965. The van der Waals surface area contributed by atoms with Gasteiger partial charge >= 0.3 is 0 Å². The van der Waals surface area contributed by atoms with Crippen molar-refractivity contribution in [2.75, 3.05) is 13.1 Å². The van der Waals surface area contributed by atoms with E-state index in [1.807, 2.05) is 82.6 Å². The van der Waals surface area contributed by atoms with Crippen LogP contribution in [-0.2, 0) is 19.2 Å². The van der Waals surface area contributed by atoms with Crippen molar-refractivity contribution >= 4 is 45.7 Å². The molecule has 7 aromatic rings. The zero-order valence-electron chi connectivity index (χ0n) is 35.5. The van der Waals surface area contributed by atoms with Gasteiger partial charge in [0.2, 0.25) is 23.6 Å². The number of imidazole rings is 2. The van der Waals surface area contributed by atoms with Crippen LogP contribution in [0.5, 0.6) is 0 Å². The summed E-state index contributed by atoms with van der Waals surface area (Å²) in [6.07, 6.45) is 6.78. The average Bonchev–Trinajstić information content (AvgIpc) is 4.14. The van der Waals surface area contributed by atoms with Crippen LogP contribution in [0.2, 0.25) is 0 Å². The van der Waals surface area contributed by atoms with E-state index in [4.69, 9.17) is 9.97 Å². The number of nitrogens with one attached hydrogen (secondary N) is 4. The van der Waals surface area contributed by atoms with Crippen molar-refractivity contribution in [1.29, 1.82) is 0 Å². The molecule has 4 fully saturated rings. The number of amides is 4. The summed E-state index contributed by atoms with van der Waals surface area (Å²) in [4.78, 5) is 75.0. The summed E-state index contributed by atoms with van der Waals surface area (Å²) in [5, 5.41) is 6.13. The van der Waals surface area contributed by atoms with E-state index in [0.29, 0.717) is 13.1 Å². The van der Waals surface area contributed by atoms with E-state index in [1.54, 1.807) is 0 Å². The van der Waals surface area contributed by atoms with Crippen molar-refractivity contribution in [3.8, 4) is 22.3 Å². The molecule has 4 amide bonds. The third kappa shape index (κ3) is 7.82. The lowest BCUT2D eigenvalue weighted by molar-refractivity contribution is -0.138. The topological polar surface area (TPSA) is 156 Å². The van der Waals surface area contributed by atoms with Crippen LogP contribution in [0.3, 0.4) is 0 Å². The fourth-order valence-corrected chi connectivity index (χ4v) is 9.63. The average molecular weight is 851 g/mol. The third-order valence-corrected chi connectivity index (χ3v) is 13.5. The first kappa shape index (κ1) is 39.7. The molecule has 0 spiro atoms. The molecule has 12 heteroatoms. The van der Waals surface area contributed by atoms with E-state index in [-0.39, 0.29) is 47.5 Å². The Kier molecular flexibility index (Phi) is 10.3. The van der Waals surface area contributed by atoms with Crippen LogP contribution in [0.15, 0.2) is 121 Å². The van der Waals surface area contributed by atoms with Crippen molar-refractivity contribution in [3.63, 3.8) is 0 Å². The summed E-state index contributed by atoms with van der Waals surface area (Å²) in [7, 11) is 0. The number of benzene rings is 5. The van der Waals surface area contributed by atoms with Gasteiger partial charge in [0.15, 0.2) is 0 Å². The molecule has 2 aliphatic heterocycles. The summed E-state index contributed by atoms with van der Waals surface area (Å²) in [6.45, 7) is 1.21. The van der Waals surface area contributed by atoms with Crippen LogP contribution in [0, 0.1) is 11.8 Å². The minimum absolute atomic E-state index is 0.00203. The van der Waals surface area contributed by atoms with Crippen molar-refractivity contribution in [1.82, 2.24) is 40.4 Å². The fraction of sp³-hybridized carbons (Fsp3) is 0.308. The number of hydrogen-bond donors (Lipinski definition) is 4. The summed E-state index contributed by atoms with van der Waals surface area (Å²) in [6, 6.07) is 38.1. The van der Waals surface area contributed by atoms with Crippen molar-refractivity contribution < 1.29 is 19.2 Å². The molecule has 4 heterocycles. The number of H-pyrrole nitrogens is 2. The molecule has 5 aromatic carbocycles. The van der Waals surface area contributed by atoms with E-state index in [9.17, 15) is 19.2 Å². The molecule has 64 heavy (non-hydrogen) atoms. The zero-order valence-corrected chi connectivity index (χ0v) is 35.5. The second-order valence-electron chi connectivity index (χ2n) is 17.9. The molecule has 12 nitrogen and oxygen atoms in total. The van der Waals surface area contributed by atoms with Crippen LogP contribution in [0.4, 0.5) is 0 Å². The van der Waals surface area contributed by atoms with Crippen molar-refractivity contribution in [2.24, 2.45) is 11.8 Å². The Balaban J connectivity index is 0.793. The number of hydrogen-bond acceptors (Lipinski definition) is 6. The molecule has 4 aliphatic rings. The van der Waals surface area contributed by atoms with Gasteiger partial charge in [-0.3, -0.25) is 19.2 Å². The first-order chi connectivity index (χ1) is 31.3. The second kappa shape index (κ2) is 16.6. The lowest BCUT2D eigenvalue weighted by Gasteiger charge is -2.28. The molecule has 4 N–H and O–H groups in total. The molecular formula is C52H50N8O4. The molecule has 2 aromatic heterocycles. The minimum Gasteiger partial charge on any atom is -0.340 e. The lowest BCUT2D eigenvalue weighted by atomic mass is 10.00. The van der Waals surface area contributed by atoms with Gasteiger partial charge in [0.1, 0.15) is 23.7 Å². The summed E-state index contributed by atoms with van der Waals surface area (Å²) >= 11 is 0. The summed E-state index contributed by atoms with van der Waals surface area (Å²) in [5.41, 5.74) is 9.28. The molecule has 2 saturated heterocycles. The second-order valence-corrected chi connectivity index (χ2v) is 17.9. The summed E-state index contributed by atoms with van der Waals surface area (Å²) < 4.78 is 0. The Morgan fingerprint density at radius 3 is 1.28 bits per heavy atom. The Labute approximate surface area is 370 Å². The molecule has 4 atom stereocenters. The zero-order chi connectivity index (χ0) is 43.3. The number of aromatic amines is 2. The molecule has 322 valence electrons. The van der Waals surface area contributed by atoms with Crippen LogP contribution < -0.4 is 10.6 Å².